The molecule has 0 saturated carbocycles. The van der Waals surface area contributed by atoms with E-state index in [-0.39, 0.29) is 5.91 Å². The molecule has 0 atom stereocenters. The Balaban J connectivity index is 2.39. The number of hydrazine groups is 1. The van der Waals surface area contributed by atoms with Crippen molar-refractivity contribution in [2.24, 2.45) is 5.84 Å². The Hall–Kier alpha value is -1.10. The molecule has 0 spiro atoms. The van der Waals surface area contributed by atoms with Crippen molar-refractivity contribution >= 4 is 17.5 Å². The molecule has 1 aromatic carbocycles. The molecule has 4 nitrogen and oxygen atoms in total. The van der Waals surface area contributed by atoms with E-state index < -0.39 is 0 Å². The lowest BCUT2D eigenvalue weighted by Gasteiger charge is -2.16. The van der Waals surface area contributed by atoms with E-state index in [1.54, 1.807) is 0 Å². The maximum absolute atomic E-state index is 10.9. The van der Waals surface area contributed by atoms with E-state index in [1.165, 1.54) is 0 Å². The van der Waals surface area contributed by atoms with Gasteiger partial charge in [0.2, 0.25) is 5.91 Å². The first-order valence-corrected chi connectivity index (χ1v) is 5.42. The van der Waals surface area contributed by atoms with Crippen LogP contribution in [0, 0.1) is 0 Å². The van der Waals surface area contributed by atoms with Crippen LogP contribution in [-0.2, 0) is 11.3 Å². The Morgan fingerprint density at radius 1 is 1.56 bits per heavy atom. The van der Waals surface area contributed by atoms with Crippen LogP contribution < -0.4 is 11.3 Å². The highest BCUT2D eigenvalue weighted by atomic mass is 35.5. The fraction of sp³-hybridized carbons (Fsp3) is 0.364. The second kappa shape index (κ2) is 6.48. The fourth-order valence-corrected chi connectivity index (χ4v) is 1.60. The van der Waals surface area contributed by atoms with Gasteiger partial charge in [0.1, 0.15) is 0 Å². The van der Waals surface area contributed by atoms with Gasteiger partial charge in [0, 0.05) is 24.5 Å². The highest BCUT2D eigenvalue weighted by Crippen LogP contribution is 2.12. The second-order valence-corrected chi connectivity index (χ2v) is 4.12. The summed E-state index contributed by atoms with van der Waals surface area (Å²) in [7, 11) is 1.95. The van der Waals surface area contributed by atoms with Gasteiger partial charge in [-0.05, 0) is 24.7 Å². The molecule has 0 aromatic heterocycles. The van der Waals surface area contributed by atoms with E-state index in [9.17, 15) is 4.79 Å². The number of nitrogens with two attached hydrogens (primary N) is 1. The summed E-state index contributed by atoms with van der Waals surface area (Å²) in [4.78, 5) is 13.0. The third kappa shape index (κ3) is 4.61. The second-order valence-electron chi connectivity index (χ2n) is 3.69. The summed E-state index contributed by atoms with van der Waals surface area (Å²) in [5, 5.41) is 0.727. The maximum Gasteiger partial charge on any atom is 0.235 e. The van der Waals surface area contributed by atoms with Crippen molar-refractivity contribution in [3.8, 4) is 0 Å². The zero-order valence-electron chi connectivity index (χ0n) is 9.24. The van der Waals surface area contributed by atoms with E-state index in [4.69, 9.17) is 17.4 Å². The lowest BCUT2D eigenvalue weighted by Crippen LogP contribution is -2.33. The largest absolute Gasteiger partial charge is 0.302 e. The third-order valence-electron chi connectivity index (χ3n) is 2.22. The van der Waals surface area contributed by atoms with Gasteiger partial charge in [0.15, 0.2) is 0 Å². The van der Waals surface area contributed by atoms with Gasteiger partial charge in [-0.2, -0.15) is 0 Å². The molecule has 1 rings (SSSR count). The monoisotopic (exact) mass is 241 g/mol. The van der Waals surface area contributed by atoms with Crippen molar-refractivity contribution in [1.29, 1.82) is 0 Å². The van der Waals surface area contributed by atoms with Gasteiger partial charge in [-0.25, -0.2) is 5.84 Å². The first-order chi connectivity index (χ1) is 7.61. The van der Waals surface area contributed by atoms with Gasteiger partial charge in [-0.1, -0.05) is 23.7 Å². The Morgan fingerprint density at radius 2 is 2.31 bits per heavy atom. The predicted octanol–water partition coefficient (Wildman–Crippen LogP) is 1.15. The maximum atomic E-state index is 10.9. The van der Waals surface area contributed by atoms with Gasteiger partial charge < -0.3 is 4.90 Å². The van der Waals surface area contributed by atoms with Crippen molar-refractivity contribution in [2.75, 3.05) is 13.6 Å². The number of benzene rings is 1. The van der Waals surface area contributed by atoms with Crippen LogP contribution in [0.4, 0.5) is 0 Å². The number of amides is 1. The number of rotatable bonds is 5. The normalized spacial score (nSPS) is 10.5. The summed E-state index contributed by atoms with van der Waals surface area (Å²) in [5.74, 6) is 4.84. The molecule has 16 heavy (non-hydrogen) atoms. The molecule has 0 saturated heterocycles. The minimum atomic E-state index is -0.155. The van der Waals surface area contributed by atoms with Crippen LogP contribution in [0.15, 0.2) is 24.3 Å². The van der Waals surface area contributed by atoms with Gasteiger partial charge in [0.25, 0.3) is 0 Å². The summed E-state index contributed by atoms with van der Waals surface area (Å²) in [6.45, 7) is 1.42. The first kappa shape index (κ1) is 13.0. The topological polar surface area (TPSA) is 58.4 Å². The molecule has 0 aliphatic rings. The molecular formula is C11H16ClN3O. The lowest BCUT2D eigenvalue weighted by molar-refractivity contribution is -0.121. The van der Waals surface area contributed by atoms with Crippen molar-refractivity contribution in [1.82, 2.24) is 10.3 Å². The molecule has 0 aliphatic heterocycles. The summed E-state index contributed by atoms with van der Waals surface area (Å²) >= 11 is 5.88. The first-order valence-electron chi connectivity index (χ1n) is 5.04. The molecule has 0 radical (unpaired) electrons. The standard InChI is InChI=1S/C11H16ClN3O/c1-15(6-5-11(16)14-13)8-9-3-2-4-10(12)7-9/h2-4,7H,5-6,8,13H2,1H3,(H,14,16). The average Bonchev–Trinajstić information content (AvgIpc) is 2.26. The molecule has 0 bridgehead atoms. The van der Waals surface area contributed by atoms with Gasteiger partial charge >= 0.3 is 0 Å². The van der Waals surface area contributed by atoms with Crippen LogP contribution >= 0.6 is 11.6 Å². The zero-order chi connectivity index (χ0) is 12.0. The minimum absolute atomic E-state index is 0.155. The van der Waals surface area contributed by atoms with Gasteiger partial charge in [0.05, 0.1) is 0 Å². The number of carbonyl (C=O) groups excluding carboxylic acids is 1. The molecule has 0 fully saturated rings. The minimum Gasteiger partial charge on any atom is -0.302 e. The predicted molar refractivity (Wildman–Crippen MR) is 64.7 cm³/mol. The summed E-state index contributed by atoms with van der Waals surface area (Å²) in [5.41, 5.74) is 3.23. The Bertz CT molecular complexity index is 357. The van der Waals surface area contributed by atoms with Crippen molar-refractivity contribution in [3.05, 3.63) is 34.9 Å². The van der Waals surface area contributed by atoms with E-state index in [0.29, 0.717) is 13.0 Å². The molecule has 5 heteroatoms. The average molecular weight is 242 g/mol. The molecule has 1 amide bonds. The van der Waals surface area contributed by atoms with Gasteiger partial charge in [-0.15, -0.1) is 0 Å². The summed E-state index contributed by atoms with van der Waals surface area (Å²) in [6.07, 6.45) is 0.396. The molecule has 88 valence electrons. The number of halogens is 1. The van der Waals surface area contributed by atoms with E-state index >= 15 is 0 Å². The number of carbonyl (C=O) groups is 1. The number of hydrogen-bond acceptors (Lipinski definition) is 3. The van der Waals surface area contributed by atoms with Crippen LogP contribution in [-0.4, -0.2) is 24.4 Å². The quantitative estimate of drug-likeness (QED) is 0.462. The Labute approximate surface area is 100 Å². The Morgan fingerprint density at radius 3 is 2.94 bits per heavy atom. The number of hydrogen-bond donors (Lipinski definition) is 2. The fourth-order valence-electron chi connectivity index (χ4n) is 1.39. The number of nitrogens with zero attached hydrogens (tertiary/aromatic N) is 1. The van der Waals surface area contributed by atoms with Crippen LogP contribution in [0.1, 0.15) is 12.0 Å². The van der Waals surface area contributed by atoms with Crippen LogP contribution in [0.25, 0.3) is 0 Å². The summed E-state index contributed by atoms with van der Waals surface area (Å²) in [6, 6.07) is 7.68. The highest BCUT2D eigenvalue weighted by molar-refractivity contribution is 6.30. The van der Waals surface area contributed by atoms with E-state index in [2.05, 4.69) is 5.43 Å². The number of nitrogens with one attached hydrogen (secondary N) is 1. The van der Waals surface area contributed by atoms with Crippen LogP contribution in [0.2, 0.25) is 5.02 Å². The van der Waals surface area contributed by atoms with Crippen molar-refractivity contribution < 1.29 is 4.79 Å². The van der Waals surface area contributed by atoms with E-state index in [0.717, 1.165) is 17.1 Å². The smallest absolute Gasteiger partial charge is 0.235 e. The lowest BCUT2D eigenvalue weighted by atomic mass is 10.2. The van der Waals surface area contributed by atoms with Crippen LogP contribution in [0.5, 0.6) is 0 Å². The Kier molecular flexibility index (Phi) is 5.25. The molecule has 0 heterocycles. The van der Waals surface area contributed by atoms with Crippen molar-refractivity contribution in [3.63, 3.8) is 0 Å². The SMILES string of the molecule is CN(CCC(=O)NN)Cc1cccc(Cl)c1. The highest BCUT2D eigenvalue weighted by Gasteiger charge is 2.04. The van der Waals surface area contributed by atoms with Gasteiger partial charge in [-0.3, -0.25) is 10.2 Å². The molecule has 1 aromatic rings. The third-order valence-corrected chi connectivity index (χ3v) is 2.46. The van der Waals surface area contributed by atoms with Crippen LogP contribution in [0.3, 0.4) is 0 Å². The molecule has 3 N–H and O–H groups in total. The molecule has 0 unspecified atom stereocenters. The summed E-state index contributed by atoms with van der Waals surface area (Å²) < 4.78 is 0. The van der Waals surface area contributed by atoms with E-state index in [1.807, 2.05) is 36.2 Å². The zero-order valence-corrected chi connectivity index (χ0v) is 10.00. The molecular weight excluding hydrogens is 226 g/mol. The van der Waals surface area contributed by atoms with Crippen molar-refractivity contribution in [2.45, 2.75) is 13.0 Å². The molecule has 0 aliphatic carbocycles.